The lowest BCUT2D eigenvalue weighted by Gasteiger charge is -2.11. The van der Waals surface area contributed by atoms with Crippen molar-refractivity contribution < 1.29 is 4.52 Å². The third-order valence-corrected chi connectivity index (χ3v) is 4.47. The zero-order chi connectivity index (χ0) is 14.8. The molecule has 5 heteroatoms. The summed E-state index contributed by atoms with van der Waals surface area (Å²) in [6.07, 6.45) is 3.83. The summed E-state index contributed by atoms with van der Waals surface area (Å²) in [5.74, 6) is 1.59. The Labute approximate surface area is 128 Å². The second-order valence-corrected chi connectivity index (χ2v) is 5.96. The molecule has 108 valence electrons. The van der Waals surface area contributed by atoms with E-state index in [9.17, 15) is 0 Å². The molecule has 21 heavy (non-hydrogen) atoms. The van der Waals surface area contributed by atoms with E-state index in [2.05, 4.69) is 46.8 Å². The zero-order valence-corrected chi connectivity index (χ0v) is 13.1. The second kappa shape index (κ2) is 5.77. The highest BCUT2D eigenvalue weighted by molar-refractivity contribution is 7.98. The van der Waals surface area contributed by atoms with Crippen molar-refractivity contribution in [3.63, 3.8) is 0 Å². The van der Waals surface area contributed by atoms with Gasteiger partial charge in [0.05, 0.1) is 11.4 Å². The van der Waals surface area contributed by atoms with Crippen molar-refractivity contribution in [3.8, 4) is 5.69 Å². The molecule has 0 atom stereocenters. The molecule has 0 radical (unpaired) electrons. The van der Waals surface area contributed by atoms with Crippen LogP contribution in [-0.2, 0) is 5.75 Å². The van der Waals surface area contributed by atoms with Crippen LogP contribution in [0, 0.1) is 20.8 Å². The summed E-state index contributed by atoms with van der Waals surface area (Å²) in [7, 11) is 0. The van der Waals surface area contributed by atoms with Gasteiger partial charge in [-0.2, -0.15) is 0 Å². The highest BCUT2D eigenvalue weighted by atomic mass is 32.2. The Bertz CT molecular complexity index is 760. The van der Waals surface area contributed by atoms with E-state index in [1.54, 1.807) is 11.8 Å². The first-order chi connectivity index (χ1) is 10.1. The van der Waals surface area contributed by atoms with Crippen LogP contribution in [0.5, 0.6) is 0 Å². The number of hydrogen-bond acceptors (Lipinski definition) is 4. The Morgan fingerprint density at radius 1 is 1.24 bits per heavy atom. The van der Waals surface area contributed by atoms with E-state index >= 15 is 0 Å². The SMILES string of the molecule is Cc1cc(CSc2nccn2-c2cccc(C)c2C)no1. The average Bonchev–Trinajstić information content (AvgIpc) is 3.08. The lowest BCUT2D eigenvalue weighted by atomic mass is 10.1. The standard InChI is InChI=1S/C16H17N3OS/c1-11-5-4-6-15(13(11)3)19-8-7-17-16(19)21-10-14-9-12(2)20-18-14/h4-9H,10H2,1-3H3. The fourth-order valence-electron chi connectivity index (χ4n) is 2.20. The molecule has 3 rings (SSSR count). The van der Waals surface area contributed by atoms with Crippen LogP contribution in [0.25, 0.3) is 5.69 Å². The summed E-state index contributed by atoms with van der Waals surface area (Å²) in [5, 5.41) is 4.98. The van der Waals surface area contributed by atoms with Crippen LogP contribution in [0.2, 0.25) is 0 Å². The van der Waals surface area contributed by atoms with Gasteiger partial charge in [0.25, 0.3) is 0 Å². The lowest BCUT2D eigenvalue weighted by molar-refractivity contribution is 0.393. The number of hydrogen-bond donors (Lipinski definition) is 0. The molecule has 2 aromatic heterocycles. The van der Waals surface area contributed by atoms with Crippen molar-refractivity contribution in [2.45, 2.75) is 31.7 Å². The number of nitrogens with zero attached hydrogens (tertiary/aromatic N) is 3. The molecule has 3 aromatic rings. The van der Waals surface area contributed by atoms with Crippen LogP contribution in [0.3, 0.4) is 0 Å². The molecule has 1 aromatic carbocycles. The molecule has 0 saturated carbocycles. The third-order valence-electron chi connectivity index (χ3n) is 3.47. The normalized spacial score (nSPS) is 11.0. The molecule has 4 nitrogen and oxygen atoms in total. The van der Waals surface area contributed by atoms with Gasteiger partial charge < -0.3 is 4.52 Å². The topological polar surface area (TPSA) is 43.9 Å². The Morgan fingerprint density at radius 2 is 2.10 bits per heavy atom. The molecule has 0 aliphatic carbocycles. The van der Waals surface area contributed by atoms with Crippen molar-refractivity contribution in [2.75, 3.05) is 0 Å². The molecule has 0 fully saturated rings. The largest absolute Gasteiger partial charge is 0.361 e. The van der Waals surface area contributed by atoms with Crippen LogP contribution in [0.15, 0.2) is 46.3 Å². The highest BCUT2D eigenvalue weighted by Crippen LogP contribution is 2.26. The van der Waals surface area contributed by atoms with Crippen LogP contribution in [0.1, 0.15) is 22.6 Å². The van der Waals surface area contributed by atoms with Gasteiger partial charge in [0.2, 0.25) is 0 Å². The molecule has 0 spiro atoms. The fraction of sp³-hybridized carbons (Fsp3) is 0.250. The smallest absolute Gasteiger partial charge is 0.172 e. The molecular weight excluding hydrogens is 282 g/mol. The van der Waals surface area contributed by atoms with Crippen LogP contribution in [-0.4, -0.2) is 14.7 Å². The number of rotatable bonds is 4. The van der Waals surface area contributed by atoms with Crippen molar-refractivity contribution in [3.05, 3.63) is 59.2 Å². The maximum atomic E-state index is 5.09. The third kappa shape index (κ3) is 2.88. The highest BCUT2D eigenvalue weighted by Gasteiger charge is 2.10. The Kier molecular flexibility index (Phi) is 3.84. The van der Waals surface area contributed by atoms with Gasteiger partial charge in [-0.1, -0.05) is 29.1 Å². The van der Waals surface area contributed by atoms with E-state index < -0.39 is 0 Å². The van der Waals surface area contributed by atoms with Gasteiger partial charge in [-0.25, -0.2) is 4.98 Å². The first-order valence-corrected chi connectivity index (χ1v) is 7.78. The predicted octanol–water partition coefficient (Wildman–Crippen LogP) is 4.08. The van der Waals surface area contributed by atoms with Gasteiger partial charge >= 0.3 is 0 Å². The van der Waals surface area contributed by atoms with Crippen molar-refractivity contribution >= 4 is 11.8 Å². The molecule has 0 amide bonds. The van der Waals surface area contributed by atoms with Gasteiger partial charge in [0.1, 0.15) is 5.76 Å². The Hall–Kier alpha value is -2.01. The van der Waals surface area contributed by atoms with E-state index in [-0.39, 0.29) is 0 Å². The summed E-state index contributed by atoms with van der Waals surface area (Å²) < 4.78 is 7.22. The van der Waals surface area contributed by atoms with E-state index in [0.29, 0.717) is 0 Å². The van der Waals surface area contributed by atoms with Crippen molar-refractivity contribution in [1.29, 1.82) is 0 Å². The van der Waals surface area contributed by atoms with Crippen LogP contribution in [0.4, 0.5) is 0 Å². The first-order valence-electron chi connectivity index (χ1n) is 6.80. The predicted molar refractivity (Wildman–Crippen MR) is 83.8 cm³/mol. The number of aromatic nitrogens is 3. The maximum absolute atomic E-state index is 5.09. The van der Waals surface area contributed by atoms with Crippen molar-refractivity contribution in [1.82, 2.24) is 14.7 Å². The van der Waals surface area contributed by atoms with Gasteiger partial charge in [-0.05, 0) is 38.0 Å². The Balaban J connectivity index is 1.85. The minimum atomic E-state index is 0.749. The zero-order valence-electron chi connectivity index (χ0n) is 12.3. The van der Waals surface area contributed by atoms with Gasteiger partial charge in [-0.3, -0.25) is 4.57 Å². The van der Waals surface area contributed by atoms with E-state index in [0.717, 1.165) is 22.4 Å². The molecule has 0 saturated heterocycles. The van der Waals surface area contributed by atoms with Crippen LogP contribution < -0.4 is 0 Å². The van der Waals surface area contributed by atoms with E-state index in [4.69, 9.17) is 4.52 Å². The molecular formula is C16H17N3OS. The number of imidazole rings is 1. The maximum Gasteiger partial charge on any atom is 0.172 e. The number of thioether (sulfide) groups is 1. The second-order valence-electron chi connectivity index (χ2n) is 5.02. The molecule has 0 aliphatic heterocycles. The first kappa shape index (κ1) is 13.9. The molecule has 0 unspecified atom stereocenters. The number of aryl methyl sites for hydroxylation is 2. The fourth-order valence-corrected chi connectivity index (χ4v) is 3.05. The molecule has 0 N–H and O–H groups in total. The minimum absolute atomic E-state index is 0.749. The summed E-state index contributed by atoms with van der Waals surface area (Å²) in [6.45, 7) is 6.17. The molecule has 0 aliphatic rings. The quantitative estimate of drug-likeness (QED) is 0.681. The molecule has 0 bridgehead atoms. The van der Waals surface area contributed by atoms with Gasteiger partial charge in [-0.15, -0.1) is 0 Å². The van der Waals surface area contributed by atoms with Gasteiger partial charge in [0.15, 0.2) is 5.16 Å². The lowest BCUT2D eigenvalue weighted by Crippen LogP contribution is -1.99. The van der Waals surface area contributed by atoms with Crippen molar-refractivity contribution in [2.24, 2.45) is 0 Å². The summed E-state index contributed by atoms with van der Waals surface area (Å²) in [5.41, 5.74) is 4.67. The summed E-state index contributed by atoms with van der Waals surface area (Å²) in [6, 6.07) is 8.28. The average molecular weight is 299 g/mol. The Morgan fingerprint density at radius 3 is 2.86 bits per heavy atom. The monoisotopic (exact) mass is 299 g/mol. The van der Waals surface area contributed by atoms with E-state index in [1.165, 1.54) is 16.8 Å². The van der Waals surface area contributed by atoms with E-state index in [1.807, 2.05) is 25.4 Å². The van der Waals surface area contributed by atoms with Gasteiger partial charge in [0, 0.05) is 24.2 Å². The van der Waals surface area contributed by atoms with Crippen LogP contribution >= 0.6 is 11.8 Å². The minimum Gasteiger partial charge on any atom is -0.361 e. The number of benzene rings is 1. The molecule has 2 heterocycles. The summed E-state index contributed by atoms with van der Waals surface area (Å²) in [4.78, 5) is 4.45. The summed E-state index contributed by atoms with van der Waals surface area (Å²) >= 11 is 1.66.